The van der Waals surface area contributed by atoms with Crippen LogP contribution in [0.2, 0.25) is 0 Å². The molecule has 0 aliphatic carbocycles. The van der Waals surface area contributed by atoms with Gasteiger partial charge in [0.15, 0.2) is 5.11 Å². The Morgan fingerprint density at radius 3 is 2.40 bits per heavy atom. The highest BCUT2D eigenvalue weighted by Gasteiger charge is 2.42. The number of ether oxygens (including phenoxy) is 1. The Balaban J connectivity index is 1.36. The minimum atomic E-state index is -0.964. The molecule has 2 N–H and O–H groups in total. The first kappa shape index (κ1) is 25.3. The Morgan fingerprint density at radius 2 is 1.70 bits per heavy atom. The number of hydrogen-bond acceptors (Lipinski definition) is 5. The minimum absolute atomic E-state index is 0.236. The molecule has 8 heteroatoms. The van der Waals surface area contributed by atoms with Crippen LogP contribution >= 0.6 is 12.2 Å². The third kappa shape index (κ3) is 4.92. The standard InChI is InChI=1S/C32H25N3O4S/c1-20-19-21(31(36)37)10-15-25(20)27-16-17-28(39-27)30-29(26-9-5-6-18-33-26)34-32(40)35(30)22-11-13-24(14-12-22)38-23-7-3-2-4-8-23/h2-19,29-30H,1H3,(H,34,40)(H,36,37). The number of aryl methyl sites for hydroxylation is 1. The van der Waals surface area contributed by atoms with Crippen molar-refractivity contribution in [3.05, 3.63) is 132 Å². The molecule has 1 saturated heterocycles. The van der Waals surface area contributed by atoms with Crippen LogP contribution in [0.5, 0.6) is 11.5 Å². The molecule has 7 nitrogen and oxygen atoms in total. The Bertz CT molecular complexity index is 1670. The van der Waals surface area contributed by atoms with Gasteiger partial charge in [-0.15, -0.1) is 0 Å². The summed E-state index contributed by atoms with van der Waals surface area (Å²) in [5.74, 6) is 1.86. The molecule has 2 unspecified atom stereocenters. The van der Waals surface area contributed by atoms with Gasteiger partial charge in [-0.1, -0.05) is 30.3 Å². The number of carboxylic acids is 1. The second-order valence-electron chi connectivity index (χ2n) is 9.44. The number of rotatable bonds is 7. The first-order chi connectivity index (χ1) is 19.5. The number of pyridine rings is 1. The highest BCUT2D eigenvalue weighted by Crippen LogP contribution is 2.43. The number of furan rings is 1. The molecule has 40 heavy (non-hydrogen) atoms. The van der Waals surface area contributed by atoms with Gasteiger partial charge in [0.25, 0.3) is 0 Å². The summed E-state index contributed by atoms with van der Waals surface area (Å²) in [5, 5.41) is 13.3. The summed E-state index contributed by atoms with van der Waals surface area (Å²) in [6, 6.07) is 31.5. The summed E-state index contributed by atoms with van der Waals surface area (Å²) >= 11 is 5.83. The van der Waals surface area contributed by atoms with Gasteiger partial charge in [0, 0.05) is 17.4 Å². The summed E-state index contributed by atoms with van der Waals surface area (Å²) < 4.78 is 12.4. The van der Waals surface area contributed by atoms with Gasteiger partial charge in [0.1, 0.15) is 29.1 Å². The van der Waals surface area contributed by atoms with E-state index in [-0.39, 0.29) is 17.6 Å². The lowest BCUT2D eigenvalue weighted by atomic mass is 10.0. The quantitative estimate of drug-likeness (QED) is 0.205. The van der Waals surface area contributed by atoms with Crippen molar-refractivity contribution in [1.29, 1.82) is 0 Å². The number of nitrogens with one attached hydrogen (secondary N) is 1. The molecule has 3 aromatic carbocycles. The number of nitrogens with zero attached hydrogens (tertiary/aromatic N) is 2. The Hall–Kier alpha value is -4.95. The SMILES string of the molecule is Cc1cc(C(=O)O)ccc1-c1ccc(C2C(c3ccccn3)NC(=S)N2c2ccc(Oc3ccccc3)cc2)o1. The molecule has 1 aliphatic heterocycles. The van der Waals surface area contributed by atoms with E-state index in [0.717, 1.165) is 28.3 Å². The molecule has 3 heterocycles. The average molecular weight is 548 g/mol. The topological polar surface area (TPSA) is 87.8 Å². The Kier molecular flexibility index (Phi) is 6.76. The van der Waals surface area contributed by atoms with Crippen LogP contribution in [0.15, 0.2) is 114 Å². The Morgan fingerprint density at radius 1 is 0.950 bits per heavy atom. The van der Waals surface area contributed by atoms with Gasteiger partial charge in [-0.2, -0.15) is 0 Å². The first-order valence-corrected chi connectivity index (χ1v) is 13.2. The molecule has 198 valence electrons. The van der Waals surface area contributed by atoms with Gasteiger partial charge in [-0.25, -0.2) is 4.79 Å². The molecule has 0 spiro atoms. The molecule has 1 fully saturated rings. The van der Waals surface area contributed by atoms with Crippen molar-refractivity contribution in [2.24, 2.45) is 0 Å². The van der Waals surface area contributed by atoms with Crippen LogP contribution in [0.1, 0.15) is 39.5 Å². The zero-order chi connectivity index (χ0) is 27.6. The number of aromatic nitrogens is 1. The van der Waals surface area contributed by atoms with E-state index in [4.69, 9.17) is 21.4 Å². The number of carbonyl (C=O) groups is 1. The average Bonchev–Trinajstić information content (AvgIpc) is 3.59. The van der Waals surface area contributed by atoms with E-state index in [0.29, 0.717) is 22.4 Å². The fraction of sp³-hybridized carbons (Fsp3) is 0.0938. The molecule has 6 rings (SSSR count). The van der Waals surface area contributed by atoms with Crippen LogP contribution in [0.25, 0.3) is 11.3 Å². The van der Waals surface area contributed by atoms with Crippen LogP contribution in [-0.4, -0.2) is 21.2 Å². The summed E-state index contributed by atoms with van der Waals surface area (Å²) in [6.45, 7) is 1.87. The van der Waals surface area contributed by atoms with Gasteiger partial charge < -0.3 is 24.5 Å². The number of benzene rings is 3. The summed E-state index contributed by atoms with van der Waals surface area (Å²) in [7, 11) is 0. The predicted molar refractivity (Wildman–Crippen MR) is 157 cm³/mol. The lowest BCUT2D eigenvalue weighted by Gasteiger charge is -2.26. The first-order valence-electron chi connectivity index (χ1n) is 12.8. The summed E-state index contributed by atoms with van der Waals surface area (Å²) in [5.41, 5.74) is 3.59. The molecule has 2 aromatic heterocycles. The van der Waals surface area contributed by atoms with Gasteiger partial charge in [-0.05, 0) is 97.5 Å². The lowest BCUT2D eigenvalue weighted by Crippen LogP contribution is -2.29. The highest BCUT2D eigenvalue weighted by atomic mass is 32.1. The van der Waals surface area contributed by atoms with Crippen LogP contribution in [0, 0.1) is 6.92 Å². The minimum Gasteiger partial charge on any atom is -0.478 e. The fourth-order valence-electron chi connectivity index (χ4n) is 4.95. The van der Waals surface area contributed by atoms with Crippen molar-refractivity contribution >= 4 is 29.0 Å². The summed E-state index contributed by atoms with van der Waals surface area (Å²) in [4.78, 5) is 18.0. The van der Waals surface area contributed by atoms with E-state index >= 15 is 0 Å². The summed E-state index contributed by atoms with van der Waals surface area (Å²) in [6.07, 6.45) is 1.76. The zero-order valence-electron chi connectivity index (χ0n) is 21.5. The van der Waals surface area contributed by atoms with E-state index in [9.17, 15) is 9.90 Å². The normalized spacial score (nSPS) is 16.5. The smallest absolute Gasteiger partial charge is 0.335 e. The molecule has 0 bridgehead atoms. The molecular weight excluding hydrogens is 522 g/mol. The maximum Gasteiger partial charge on any atom is 0.335 e. The number of carboxylic acid groups (broad SMARTS) is 1. The molecule has 1 aliphatic rings. The molecule has 0 amide bonds. The van der Waals surface area contributed by atoms with Crippen LogP contribution in [0.3, 0.4) is 0 Å². The van der Waals surface area contributed by atoms with Crippen molar-refractivity contribution in [2.45, 2.75) is 19.0 Å². The van der Waals surface area contributed by atoms with Crippen molar-refractivity contribution in [3.8, 4) is 22.8 Å². The van der Waals surface area contributed by atoms with Gasteiger partial charge in [0.05, 0.1) is 17.3 Å². The monoisotopic (exact) mass is 547 g/mol. The third-order valence-electron chi connectivity index (χ3n) is 6.85. The van der Waals surface area contributed by atoms with Gasteiger partial charge >= 0.3 is 5.97 Å². The Labute approximate surface area is 236 Å². The third-order valence-corrected chi connectivity index (χ3v) is 7.16. The second-order valence-corrected chi connectivity index (χ2v) is 9.83. The number of hydrogen-bond donors (Lipinski definition) is 2. The maximum atomic E-state index is 11.4. The second kappa shape index (κ2) is 10.7. The maximum absolute atomic E-state index is 11.4. The molecule has 2 atom stereocenters. The van der Waals surface area contributed by atoms with Crippen molar-refractivity contribution in [2.75, 3.05) is 4.90 Å². The number of thiocarbonyl (C=S) groups is 1. The molecule has 0 saturated carbocycles. The molecular formula is C32H25N3O4S. The lowest BCUT2D eigenvalue weighted by molar-refractivity contribution is 0.0696. The van der Waals surface area contributed by atoms with E-state index in [1.807, 2.05) is 96.8 Å². The number of para-hydroxylation sites is 1. The largest absolute Gasteiger partial charge is 0.478 e. The highest BCUT2D eigenvalue weighted by molar-refractivity contribution is 7.80. The predicted octanol–water partition coefficient (Wildman–Crippen LogP) is 7.32. The van der Waals surface area contributed by atoms with Crippen molar-refractivity contribution < 1.29 is 19.1 Å². The van der Waals surface area contributed by atoms with Crippen molar-refractivity contribution in [1.82, 2.24) is 10.3 Å². The van der Waals surface area contributed by atoms with E-state index in [1.165, 1.54) is 0 Å². The van der Waals surface area contributed by atoms with Crippen LogP contribution < -0.4 is 15.0 Å². The molecule has 5 aromatic rings. The van der Waals surface area contributed by atoms with E-state index < -0.39 is 5.97 Å². The van der Waals surface area contributed by atoms with E-state index in [1.54, 1.807) is 24.4 Å². The van der Waals surface area contributed by atoms with Gasteiger partial charge in [0.2, 0.25) is 0 Å². The van der Waals surface area contributed by atoms with Crippen LogP contribution in [0.4, 0.5) is 5.69 Å². The van der Waals surface area contributed by atoms with Crippen LogP contribution in [-0.2, 0) is 0 Å². The number of aromatic carboxylic acids is 1. The zero-order valence-corrected chi connectivity index (χ0v) is 22.3. The number of anilines is 1. The molecule has 0 radical (unpaired) electrons. The van der Waals surface area contributed by atoms with Gasteiger partial charge in [-0.3, -0.25) is 4.98 Å². The van der Waals surface area contributed by atoms with E-state index in [2.05, 4.69) is 10.3 Å². The van der Waals surface area contributed by atoms with Crippen molar-refractivity contribution in [3.63, 3.8) is 0 Å². The fourth-order valence-corrected chi connectivity index (χ4v) is 5.30.